The van der Waals surface area contributed by atoms with Crippen molar-refractivity contribution in [2.45, 2.75) is 46.2 Å². The van der Waals surface area contributed by atoms with E-state index >= 15 is 0 Å². The average molecular weight is 411 g/mol. The Morgan fingerprint density at radius 3 is 2.53 bits per heavy atom. The molecule has 8 nitrogen and oxygen atoms in total. The maximum absolute atomic E-state index is 13.2. The molecular weight excluding hydrogens is 386 g/mol. The number of nitrogens with zero attached hydrogens (tertiary/aromatic N) is 2. The van der Waals surface area contributed by atoms with Gasteiger partial charge in [-0.15, -0.1) is 0 Å². The molecule has 3 heterocycles. The SMILES string of the molecule is Cc1cc(C(=O)CN2C(=O)N[C@@](C)(c3ccc4c(c3)OCO4)C2=O)c(C)n1C(C)C. The van der Waals surface area contributed by atoms with E-state index in [0.29, 0.717) is 22.6 Å². The van der Waals surface area contributed by atoms with Crippen molar-refractivity contribution >= 4 is 17.7 Å². The van der Waals surface area contributed by atoms with E-state index in [1.54, 1.807) is 25.1 Å². The van der Waals surface area contributed by atoms with Crippen LogP contribution in [0.15, 0.2) is 24.3 Å². The first-order chi connectivity index (χ1) is 14.1. The minimum atomic E-state index is -1.28. The summed E-state index contributed by atoms with van der Waals surface area (Å²) in [5.74, 6) is 0.365. The van der Waals surface area contributed by atoms with E-state index in [4.69, 9.17) is 9.47 Å². The van der Waals surface area contributed by atoms with Crippen LogP contribution in [0.2, 0.25) is 0 Å². The third kappa shape index (κ3) is 2.94. The van der Waals surface area contributed by atoms with Gasteiger partial charge in [-0.1, -0.05) is 6.07 Å². The summed E-state index contributed by atoms with van der Waals surface area (Å²) < 4.78 is 12.8. The lowest BCUT2D eigenvalue weighted by molar-refractivity contribution is -0.130. The molecule has 1 N–H and O–H groups in total. The maximum Gasteiger partial charge on any atom is 0.325 e. The first-order valence-electron chi connectivity index (χ1n) is 9.89. The van der Waals surface area contributed by atoms with Crippen LogP contribution in [0.5, 0.6) is 11.5 Å². The number of benzene rings is 1. The highest BCUT2D eigenvalue weighted by Crippen LogP contribution is 2.38. The van der Waals surface area contributed by atoms with E-state index in [1.165, 1.54) is 0 Å². The van der Waals surface area contributed by atoms with Gasteiger partial charge in [0.25, 0.3) is 5.91 Å². The molecule has 1 aromatic heterocycles. The van der Waals surface area contributed by atoms with Gasteiger partial charge in [-0.25, -0.2) is 4.79 Å². The van der Waals surface area contributed by atoms with Crippen molar-refractivity contribution in [1.29, 1.82) is 0 Å². The zero-order valence-corrected chi connectivity index (χ0v) is 17.7. The van der Waals surface area contributed by atoms with Gasteiger partial charge in [-0.2, -0.15) is 0 Å². The number of amides is 3. The van der Waals surface area contributed by atoms with Crippen LogP contribution in [-0.4, -0.2) is 40.5 Å². The molecule has 0 unspecified atom stereocenters. The average Bonchev–Trinajstić information content (AvgIpc) is 3.33. The summed E-state index contributed by atoms with van der Waals surface area (Å²) in [4.78, 5) is 39.8. The quantitative estimate of drug-likeness (QED) is 0.603. The number of rotatable bonds is 5. The fourth-order valence-electron chi connectivity index (χ4n) is 4.33. The Labute approximate surface area is 174 Å². The van der Waals surface area contributed by atoms with E-state index in [9.17, 15) is 14.4 Å². The van der Waals surface area contributed by atoms with Crippen LogP contribution in [0.3, 0.4) is 0 Å². The number of hydrogen-bond acceptors (Lipinski definition) is 5. The molecule has 158 valence electrons. The second-order valence-electron chi connectivity index (χ2n) is 8.19. The minimum Gasteiger partial charge on any atom is -0.454 e. The van der Waals surface area contributed by atoms with Gasteiger partial charge in [0.2, 0.25) is 6.79 Å². The molecule has 8 heteroatoms. The third-order valence-electron chi connectivity index (χ3n) is 5.83. The number of Topliss-reactive ketones (excluding diaryl/α,β-unsaturated/α-hetero) is 1. The molecule has 4 rings (SSSR count). The highest BCUT2D eigenvalue weighted by Gasteiger charge is 2.50. The van der Waals surface area contributed by atoms with Gasteiger partial charge < -0.3 is 19.4 Å². The Hall–Kier alpha value is -3.29. The van der Waals surface area contributed by atoms with E-state index in [1.807, 2.05) is 33.8 Å². The molecule has 2 aliphatic rings. The lowest BCUT2D eigenvalue weighted by atomic mass is 9.91. The van der Waals surface area contributed by atoms with Gasteiger partial charge in [0, 0.05) is 23.0 Å². The Bertz CT molecular complexity index is 1070. The molecule has 1 atom stereocenters. The van der Waals surface area contributed by atoms with Crippen molar-refractivity contribution in [3.63, 3.8) is 0 Å². The molecule has 0 aliphatic carbocycles. The van der Waals surface area contributed by atoms with Crippen LogP contribution in [0.1, 0.15) is 54.1 Å². The Morgan fingerprint density at radius 2 is 1.87 bits per heavy atom. The summed E-state index contributed by atoms with van der Waals surface area (Å²) in [6.07, 6.45) is 0. The lowest BCUT2D eigenvalue weighted by Crippen LogP contribution is -2.41. The second-order valence-corrected chi connectivity index (χ2v) is 8.19. The number of aromatic nitrogens is 1. The normalized spacial score (nSPS) is 20.3. The zero-order chi connectivity index (χ0) is 21.8. The Kier molecular flexibility index (Phi) is 4.60. The Morgan fingerprint density at radius 1 is 1.17 bits per heavy atom. The van der Waals surface area contributed by atoms with E-state index in [0.717, 1.165) is 16.3 Å². The van der Waals surface area contributed by atoms with Crippen LogP contribution in [-0.2, 0) is 10.3 Å². The van der Waals surface area contributed by atoms with Crippen molar-refractivity contribution in [3.8, 4) is 11.5 Å². The standard InChI is InChI=1S/C22H25N3O5/c1-12(2)25-13(3)8-16(14(25)4)17(26)10-24-20(27)22(5,23-21(24)28)15-6-7-18-19(9-15)30-11-29-18/h6-9,12H,10-11H2,1-5H3,(H,23,28)/t22-/m0/s1. The smallest absolute Gasteiger partial charge is 0.325 e. The minimum absolute atomic E-state index is 0.116. The van der Waals surface area contributed by atoms with Crippen molar-refractivity contribution in [1.82, 2.24) is 14.8 Å². The number of ether oxygens (including phenoxy) is 2. The molecule has 2 aliphatic heterocycles. The van der Waals surface area contributed by atoms with Crippen LogP contribution >= 0.6 is 0 Å². The van der Waals surface area contributed by atoms with Crippen LogP contribution in [0.25, 0.3) is 0 Å². The van der Waals surface area contributed by atoms with Gasteiger partial charge in [0.05, 0.1) is 6.54 Å². The monoisotopic (exact) mass is 411 g/mol. The number of nitrogens with one attached hydrogen (secondary N) is 1. The summed E-state index contributed by atoms with van der Waals surface area (Å²) >= 11 is 0. The molecule has 1 aromatic carbocycles. The number of carbonyl (C=O) groups is 3. The predicted molar refractivity (Wildman–Crippen MR) is 109 cm³/mol. The number of aryl methyl sites for hydroxylation is 1. The summed E-state index contributed by atoms with van der Waals surface area (Å²) in [5.41, 5.74) is 1.61. The number of imide groups is 1. The van der Waals surface area contributed by atoms with Gasteiger partial charge in [-0.05, 0) is 58.4 Å². The summed E-state index contributed by atoms with van der Waals surface area (Å²) in [6.45, 7) is 9.33. The number of urea groups is 1. The molecule has 2 aromatic rings. The fraction of sp³-hybridized carbons (Fsp3) is 0.409. The van der Waals surface area contributed by atoms with E-state index in [2.05, 4.69) is 9.88 Å². The Balaban J connectivity index is 1.59. The summed E-state index contributed by atoms with van der Waals surface area (Å²) in [6, 6.07) is 6.53. The number of carbonyl (C=O) groups excluding carboxylic acids is 3. The summed E-state index contributed by atoms with van der Waals surface area (Å²) in [5, 5.41) is 2.73. The second kappa shape index (κ2) is 6.90. The number of fused-ring (bicyclic) bond motifs is 1. The van der Waals surface area contributed by atoms with Crippen molar-refractivity contribution in [2.24, 2.45) is 0 Å². The predicted octanol–water partition coefficient (Wildman–Crippen LogP) is 3.06. The molecule has 30 heavy (non-hydrogen) atoms. The molecule has 0 saturated carbocycles. The number of hydrogen-bond donors (Lipinski definition) is 1. The third-order valence-corrected chi connectivity index (χ3v) is 5.83. The van der Waals surface area contributed by atoms with E-state index < -0.39 is 17.5 Å². The topological polar surface area (TPSA) is 89.9 Å². The maximum atomic E-state index is 13.2. The molecule has 1 saturated heterocycles. The first-order valence-corrected chi connectivity index (χ1v) is 9.89. The van der Waals surface area contributed by atoms with Crippen molar-refractivity contribution in [2.75, 3.05) is 13.3 Å². The van der Waals surface area contributed by atoms with E-state index in [-0.39, 0.29) is 25.2 Å². The highest BCUT2D eigenvalue weighted by atomic mass is 16.7. The van der Waals surface area contributed by atoms with Crippen molar-refractivity contribution < 1.29 is 23.9 Å². The number of ketones is 1. The zero-order valence-electron chi connectivity index (χ0n) is 17.7. The highest BCUT2D eigenvalue weighted by molar-refractivity contribution is 6.11. The summed E-state index contributed by atoms with van der Waals surface area (Å²) in [7, 11) is 0. The lowest BCUT2D eigenvalue weighted by Gasteiger charge is -2.22. The van der Waals surface area contributed by atoms with Gasteiger partial charge >= 0.3 is 6.03 Å². The molecule has 3 amide bonds. The van der Waals surface area contributed by atoms with Crippen LogP contribution in [0, 0.1) is 13.8 Å². The molecular formula is C22H25N3O5. The molecule has 1 fully saturated rings. The van der Waals surface area contributed by atoms with Crippen LogP contribution in [0.4, 0.5) is 4.79 Å². The molecule has 0 bridgehead atoms. The van der Waals surface area contributed by atoms with Crippen LogP contribution < -0.4 is 14.8 Å². The first kappa shape index (κ1) is 20.0. The van der Waals surface area contributed by atoms with Gasteiger partial charge in [0.15, 0.2) is 17.3 Å². The van der Waals surface area contributed by atoms with Gasteiger partial charge in [0.1, 0.15) is 5.54 Å². The molecule has 0 radical (unpaired) electrons. The van der Waals surface area contributed by atoms with Crippen molar-refractivity contribution in [3.05, 3.63) is 46.8 Å². The van der Waals surface area contributed by atoms with Gasteiger partial charge in [-0.3, -0.25) is 14.5 Å². The fourth-order valence-corrected chi connectivity index (χ4v) is 4.33. The largest absolute Gasteiger partial charge is 0.454 e. The molecule has 0 spiro atoms.